The van der Waals surface area contributed by atoms with Crippen molar-refractivity contribution in [1.29, 1.82) is 0 Å². The Morgan fingerprint density at radius 2 is 2.06 bits per heavy atom. The van der Waals surface area contributed by atoms with Gasteiger partial charge in [-0.3, -0.25) is 0 Å². The van der Waals surface area contributed by atoms with Crippen LogP contribution in [0.2, 0.25) is 5.02 Å². The monoisotopic (exact) mass is 268 g/mol. The summed E-state index contributed by atoms with van der Waals surface area (Å²) in [7, 11) is 4.23. The van der Waals surface area contributed by atoms with Crippen molar-refractivity contribution in [1.82, 2.24) is 10.2 Å². The largest absolute Gasteiger partial charge is 0.314 e. The van der Waals surface area contributed by atoms with Gasteiger partial charge in [-0.05, 0) is 64.1 Å². The zero-order valence-electron chi connectivity index (χ0n) is 12.0. The molecule has 0 bridgehead atoms. The molecule has 0 aliphatic heterocycles. The fourth-order valence-electron chi connectivity index (χ4n) is 2.06. The number of rotatable bonds is 7. The maximum absolute atomic E-state index is 6.30. The molecule has 0 aliphatic carbocycles. The smallest absolute Gasteiger partial charge is 0.0441 e. The molecule has 18 heavy (non-hydrogen) atoms. The van der Waals surface area contributed by atoms with Crippen molar-refractivity contribution in [3.63, 3.8) is 0 Å². The molecule has 0 saturated heterocycles. The van der Waals surface area contributed by atoms with E-state index in [1.165, 1.54) is 11.1 Å². The quantitative estimate of drug-likeness (QED) is 0.817. The summed E-state index contributed by atoms with van der Waals surface area (Å²) in [6.45, 7) is 6.33. The molecule has 0 aliphatic rings. The second kappa shape index (κ2) is 7.78. The van der Waals surface area contributed by atoms with Crippen LogP contribution in [0.15, 0.2) is 18.2 Å². The van der Waals surface area contributed by atoms with Gasteiger partial charge in [0, 0.05) is 11.1 Å². The Balaban J connectivity index is 2.64. The first-order valence-corrected chi connectivity index (χ1v) is 7.04. The first kappa shape index (κ1) is 15.5. The predicted octanol–water partition coefficient (Wildman–Crippen LogP) is 3.12. The molecule has 0 fully saturated rings. The van der Waals surface area contributed by atoms with Crippen molar-refractivity contribution in [2.75, 3.05) is 27.2 Å². The molecule has 0 heterocycles. The topological polar surface area (TPSA) is 15.3 Å². The average Bonchev–Trinajstić information content (AvgIpc) is 2.29. The summed E-state index contributed by atoms with van der Waals surface area (Å²) in [5.41, 5.74) is 2.46. The highest BCUT2D eigenvalue weighted by atomic mass is 35.5. The molecule has 2 nitrogen and oxygen atoms in total. The van der Waals surface area contributed by atoms with E-state index in [1.54, 1.807) is 0 Å². The summed E-state index contributed by atoms with van der Waals surface area (Å²) >= 11 is 6.30. The minimum absolute atomic E-state index is 0.498. The Kier molecular flexibility index (Phi) is 6.69. The second-order valence-electron chi connectivity index (χ2n) is 5.15. The van der Waals surface area contributed by atoms with Gasteiger partial charge >= 0.3 is 0 Å². The minimum atomic E-state index is 0.498. The number of likely N-dealkylation sites (N-methyl/N-ethyl adjacent to an activating group) is 1. The average molecular weight is 269 g/mol. The van der Waals surface area contributed by atoms with E-state index in [4.69, 9.17) is 11.6 Å². The van der Waals surface area contributed by atoms with Crippen molar-refractivity contribution in [2.24, 2.45) is 0 Å². The van der Waals surface area contributed by atoms with Crippen LogP contribution in [-0.2, 0) is 6.42 Å². The SMILES string of the molecule is CCNC(CCN(C)C)Cc1ccc(C)cc1Cl. The maximum Gasteiger partial charge on any atom is 0.0441 e. The molecular weight excluding hydrogens is 244 g/mol. The summed E-state index contributed by atoms with van der Waals surface area (Å²) in [6.07, 6.45) is 2.14. The van der Waals surface area contributed by atoms with Gasteiger partial charge in [-0.25, -0.2) is 0 Å². The van der Waals surface area contributed by atoms with E-state index in [2.05, 4.69) is 50.3 Å². The van der Waals surface area contributed by atoms with E-state index in [0.29, 0.717) is 6.04 Å². The molecule has 0 amide bonds. The summed E-state index contributed by atoms with van der Waals surface area (Å²) in [5.74, 6) is 0. The fourth-order valence-corrected chi connectivity index (χ4v) is 2.37. The van der Waals surface area contributed by atoms with Crippen molar-refractivity contribution in [3.8, 4) is 0 Å². The van der Waals surface area contributed by atoms with Gasteiger partial charge in [-0.1, -0.05) is 30.7 Å². The number of hydrogen-bond acceptors (Lipinski definition) is 2. The molecule has 1 aromatic rings. The standard InChI is InChI=1S/C15H25ClN2/c1-5-17-14(8-9-18(3)4)11-13-7-6-12(2)10-15(13)16/h6-7,10,14,17H,5,8-9,11H2,1-4H3. The minimum Gasteiger partial charge on any atom is -0.314 e. The molecule has 0 radical (unpaired) electrons. The molecule has 0 aromatic heterocycles. The molecular formula is C15H25ClN2. The van der Waals surface area contributed by atoms with Gasteiger partial charge in [-0.2, -0.15) is 0 Å². The number of nitrogens with zero attached hydrogens (tertiary/aromatic N) is 1. The van der Waals surface area contributed by atoms with Crippen molar-refractivity contribution in [2.45, 2.75) is 32.7 Å². The van der Waals surface area contributed by atoms with Crippen LogP contribution in [0.25, 0.3) is 0 Å². The second-order valence-corrected chi connectivity index (χ2v) is 5.55. The summed E-state index contributed by atoms with van der Waals surface area (Å²) in [5, 5.41) is 4.43. The van der Waals surface area contributed by atoms with Crippen LogP contribution in [0.3, 0.4) is 0 Å². The lowest BCUT2D eigenvalue weighted by atomic mass is 10.0. The Bertz CT molecular complexity index is 364. The van der Waals surface area contributed by atoms with E-state index in [1.807, 2.05) is 6.07 Å². The van der Waals surface area contributed by atoms with E-state index >= 15 is 0 Å². The Morgan fingerprint density at radius 1 is 1.33 bits per heavy atom. The molecule has 1 atom stereocenters. The Morgan fingerprint density at radius 3 is 2.61 bits per heavy atom. The zero-order chi connectivity index (χ0) is 13.5. The predicted molar refractivity (Wildman–Crippen MR) is 80.5 cm³/mol. The molecule has 0 saturated carbocycles. The third-order valence-electron chi connectivity index (χ3n) is 3.09. The molecule has 102 valence electrons. The maximum atomic E-state index is 6.30. The van der Waals surface area contributed by atoms with Gasteiger partial charge in [0.2, 0.25) is 0 Å². The van der Waals surface area contributed by atoms with Crippen LogP contribution in [0, 0.1) is 6.92 Å². The number of hydrogen-bond donors (Lipinski definition) is 1. The van der Waals surface area contributed by atoms with Crippen LogP contribution < -0.4 is 5.32 Å². The zero-order valence-corrected chi connectivity index (χ0v) is 12.7. The van der Waals surface area contributed by atoms with Gasteiger partial charge in [0.1, 0.15) is 0 Å². The Hall–Kier alpha value is -0.570. The lowest BCUT2D eigenvalue weighted by molar-refractivity contribution is 0.358. The van der Waals surface area contributed by atoms with Crippen LogP contribution in [0.4, 0.5) is 0 Å². The van der Waals surface area contributed by atoms with E-state index in [-0.39, 0.29) is 0 Å². The highest BCUT2D eigenvalue weighted by molar-refractivity contribution is 6.31. The van der Waals surface area contributed by atoms with Gasteiger partial charge in [0.05, 0.1) is 0 Å². The van der Waals surface area contributed by atoms with Crippen LogP contribution in [0.1, 0.15) is 24.5 Å². The van der Waals surface area contributed by atoms with Gasteiger partial charge in [-0.15, -0.1) is 0 Å². The van der Waals surface area contributed by atoms with E-state index < -0.39 is 0 Å². The van der Waals surface area contributed by atoms with Gasteiger partial charge in [0.25, 0.3) is 0 Å². The van der Waals surface area contributed by atoms with E-state index in [0.717, 1.165) is 31.0 Å². The summed E-state index contributed by atoms with van der Waals surface area (Å²) < 4.78 is 0. The number of benzene rings is 1. The molecule has 1 aromatic carbocycles. The first-order valence-electron chi connectivity index (χ1n) is 6.66. The summed E-state index contributed by atoms with van der Waals surface area (Å²) in [4.78, 5) is 2.22. The normalized spacial score (nSPS) is 13.0. The van der Waals surface area contributed by atoms with Crippen molar-refractivity contribution < 1.29 is 0 Å². The van der Waals surface area contributed by atoms with Crippen LogP contribution in [-0.4, -0.2) is 38.1 Å². The lowest BCUT2D eigenvalue weighted by Crippen LogP contribution is -2.34. The highest BCUT2D eigenvalue weighted by Crippen LogP contribution is 2.19. The summed E-state index contributed by atoms with van der Waals surface area (Å²) in [6, 6.07) is 6.83. The van der Waals surface area contributed by atoms with Crippen LogP contribution >= 0.6 is 11.6 Å². The molecule has 1 N–H and O–H groups in total. The van der Waals surface area contributed by atoms with Crippen molar-refractivity contribution >= 4 is 11.6 Å². The van der Waals surface area contributed by atoms with Gasteiger partial charge in [0.15, 0.2) is 0 Å². The van der Waals surface area contributed by atoms with Crippen LogP contribution in [0.5, 0.6) is 0 Å². The molecule has 1 rings (SSSR count). The molecule has 0 spiro atoms. The molecule has 3 heteroatoms. The van der Waals surface area contributed by atoms with Crippen molar-refractivity contribution in [3.05, 3.63) is 34.3 Å². The first-order chi connectivity index (χ1) is 8.52. The lowest BCUT2D eigenvalue weighted by Gasteiger charge is -2.20. The van der Waals surface area contributed by atoms with Gasteiger partial charge < -0.3 is 10.2 Å². The number of aryl methyl sites for hydroxylation is 1. The third-order valence-corrected chi connectivity index (χ3v) is 3.44. The number of halogens is 1. The number of nitrogens with one attached hydrogen (secondary N) is 1. The third kappa shape index (κ3) is 5.38. The Labute approximate surface area is 116 Å². The molecule has 1 unspecified atom stereocenters. The highest BCUT2D eigenvalue weighted by Gasteiger charge is 2.11. The van der Waals surface area contributed by atoms with E-state index in [9.17, 15) is 0 Å². The fraction of sp³-hybridized carbons (Fsp3) is 0.600.